The summed E-state index contributed by atoms with van der Waals surface area (Å²) in [6, 6.07) is 97.7. The van der Waals surface area contributed by atoms with Gasteiger partial charge in [0.1, 0.15) is 45.2 Å². The van der Waals surface area contributed by atoms with Crippen LogP contribution < -0.4 is 0 Å². The molecule has 0 spiro atoms. The van der Waals surface area contributed by atoms with E-state index in [0.29, 0.717) is 0 Å². The van der Waals surface area contributed by atoms with Gasteiger partial charge in [-0.25, -0.2) is 39.9 Å². The minimum atomic E-state index is 0.929. The summed E-state index contributed by atoms with van der Waals surface area (Å²) in [5, 5.41) is 14.3. The van der Waals surface area contributed by atoms with Crippen LogP contribution in [0.4, 0.5) is 0 Å². The van der Waals surface area contributed by atoms with Crippen molar-refractivity contribution < 1.29 is 0 Å². The van der Waals surface area contributed by atoms with E-state index in [1.165, 1.54) is 200 Å². The standard InChI is InChI=1S/4C31H18N4/c1-2-5-20-17(4-1)14-18-7-9-21-24(27(18)20)15-19-8-10-23-29(28(19)21)22-6-3-12-33-30(22)35-26-16-32-13-11-25(26)34-31(23)35;1-2-5-19-17(4-1)14-24-20(19)9-10-21-25(24)15-18-7-8-23-29(28(18)21)22-6-3-12-33-30(22)35-27-16-32-13-11-26(27)34-31(23)35;1-2-5-21-17(4-1)12-19-15-25-20(14-24(19)21)13-18-7-8-23-29(28(18)25)22-6-3-10-33-30(22)35-27-16-32-11-9-26(27)34-31(23)35;1-2-5-21-17(4-1)12-19-14-20-13-18-7-8-23-29(28(18)25(20)15-24(19)21)22-6-3-10-33-30(22)35-27-16-32-11-9-26(27)34-31(23)35/h2*1-13,16H,14-15H2;2*1-11,14-16H,12-13H2. The summed E-state index contributed by atoms with van der Waals surface area (Å²) in [5.74, 6) is 0. The summed E-state index contributed by atoms with van der Waals surface area (Å²) in [5.41, 5.74) is 60.1. The first-order valence-electron chi connectivity index (χ1n) is 48.2. The topological polar surface area (TPSA) is 172 Å². The SMILES string of the molecule is c1ccc2c(c1)Cc1c-2ccc2c1Cc1ccc3c(c1-2)c1cccnc1n1c2cnccc2nc31.c1ccc2c(c1)Cc1cc3c(cc1-2)-c1c(ccc2c1c1cccnc1n1c4cnccc4nc21)C3.c1ccc2c(c1)Cc1cc3c(cc1-2)Cc1ccc2c(c1-3)c1cccnc1n1c3cnccc3nc21.c1ccc2c(c1)Cc1ccc3c(c1-2)Cc1ccc2c(c1-3)c1cccnc1n1c3cnccc3nc21. The molecule has 16 heterocycles. The Morgan fingerprint density at radius 3 is 0.914 bits per heavy atom. The summed E-state index contributed by atoms with van der Waals surface area (Å²) in [6.45, 7) is 0. The van der Waals surface area contributed by atoms with Crippen LogP contribution in [0.15, 0.2) is 341 Å². The fourth-order valence-corrected chi connectivity index (χ4v) is 26.1. The average Bonchev–Trinajstić information content (AvgIpc) is 1.51. The highest BCUT2D eigenvalue weighted by Gasteiger charge is 2.37. The van der Waals surface area contributed by atoms with E-state index in [1.807, 2.05) is 98.1 Å². The predicted molar refractivity (Wildman–Crippen MR) is 559 cm³/mol. The monoisotopic (exact) mass is 1780 g/mol. The minimum absolute atomic E-state index is 0.929. The zero-order chi connectivity index (χ0) is 90.7. The van der Waals surface area contributed by atoms with Crippen LogP contribution in [0, 0.1) is 0 Å². The Labute approximate surface area is 796 Å². The lowest BCUT2D eigenvalue weighted by Gasteiger charge is -2.13. The Balaban J connectivity index is 0.0000000829. The smallest absolute Gasteiger partial charge is 0.147 e. The van der Waals surface area contributed by atoms with Crippen LogP contribution in [-0.4, -0.2) is 77.4 Å². The maximum Gasteiger partial charge on any atom is 0.147 e. The van der Waals surface area contributed by atoms with E-state index >= 15 is 0 Å². The van der Waals surface area contributed by atoms with Crippen LogP contribution in [0.2, 0.25) is 0 Å². The van der Waals surface area contributed by atoms with Crippen molar-refractivity contribution in [1.29, 1.82) is 0 Å². The van der Waals surface area contributed by atoms with E-state index in [2.05, 4.69) is 256 Å². The molecule has 648 valence electrons. The molecule has 0 radical (unpaired) electrons. The van der Waals surface area contributed by atoms with Gasteiger partial charge in [-0.1, -0.05) is 176 Å². The zero-order valence-corrected chi connectivity index (χ0v) is 75.1. The van der Waals surface area contributed by atoms with Crippen LogP contribution in [-0.2, 0) is 51.4 Å². The average molecular weight is 1790 g/mol. The van der Waals surface area contributed by atoms with Crippen molar-refractivity contribution in [3.63, 3.8) is 0 Å². The molecule has 16 heteroatoms. The lowest BCUT2D eigenvalue weighted by molar-refractivity contribution is 1.16. The highest BCUT2D eigenvalue weighted by molar-refractivity contribution is 6.25. The number of aromatic nitrogens is 16. The highest BCUT2D eigenvalue weighted by atomic mass is 15.1. The van der Waals surface area contributed by atoms with Gasteiger partial charge in [0.05, 0.1) is 68.9 Å². The summed E-state index contributed by atoms with van der Waals surface area (Å²) in [4.78, 5) is 57.0. The molecule has 140 heavy (non-hydrogen) atoms. The van der Waals surface area contributed by atoms with Crippen molar-refractivity contribution in [3.05, 3.63) is 430 Å². The first-order chi connectivity index (χ1) is 69.4. The zero-order valence-electron chi connectivity index (χ0n) is 75.1. The van der Waals surface area contributed by atoms with Gasteiger partial charge in [0, 0.05) is 114 Å². The van der Waals surface area contributed by atoms with Gasteiger partial charge < -0.3 is 0 Å². The van der Waals surface area contributed by atoms with Gasteiger partial charge in [-0.2, -0.15) is 0 Å². The van der Waals surface area contributed by atoms with Crippen LogP contribution in [0.1, 0.15) is 89.0 Å². The molecular weight excluding hydrogens is 1710 g/mol. The Kier molecular flexibility index (Phi) is 14.9. The van der Waals surface area contributed by atoms with Crippen molar-refractivity contribution in [3.8, 4) is 89.0 Å². The molecule has 8 aliphatic carbocycles. The molecule has 0 atom stereocenters. The van der Waals surface area contributed by atoms with Crippen LogP contribution >= 0.6 is 0 Å². The van der Waals surface area contributed by atoms with Gasteiger partial charge in [-0.3, -0.25) is 37.5 Å². The maximum atomic E-state index is 5.05. The fourth-order valence-electron chi connectivity index (χ4n) is 26.1. The Hall–Kier alpha value is -18.3. The van der Waals surface area contributed by atoms with Crippen molar-refractivity contribution in [1.82, 2.24) is 77.4 Å². The lowest BCUT2D eigenvalue weighted by atomic mass is 9.93. The molecule has 0 saturated carbocycles. The van der Waals surface area contributed by atoms with Gasteiger partial charge in [0.15, 0.2) is 0 Å². The largest absolute Gasteiger partial charge is 0.274 e. The molecule has 8 aliphatic rings. The molecule has 0 aliphatic heterocycles. The quantitative estimate of drug-likeness (QED) is 0.132. The number of rotatable bonds is 0. The summed E-state index contributed by atoms with van der Waals surface area (Å²) >= 11 is 0. The number of pyridine rings is 12. The molecule has 16 aromatic heterocycles. The molecule has 0 fully saturated rings. The third-order valence-electron chi connectivity index (χ3n) is 31.8. The number of hydrogen-bond acceptors (Lipinski definition) is 12. The van der Waals surface area contributed by atoms with Crippen LogP contribution in [0.25, 0.3) is 243 Å². The van der Waals surface area contributed by atoms with Crippen molar-refractivity contribution >= 4 is 154 Å². The molecule has 0 saturated heterocycles. The van der Waals surface area contributed by atoms with E-state index in [0.717, 1.165) is 184 Å². The van der Waals surface area contributed by atoms with Crippen LogP contribution in [0.3, 0.4) is 0 Å². The maximum absolute atomic E-state index is 5.05. The highest BCUT2D eigenvalue weighted by Crippen LogP contribution is 2.57. The second kappa shape index (κ2) is 27.7. The van der Waals surface area contributed by atoms with E-state index in [-0.39, 0.29) is 0 Å². The van der Waals surface area contributed by atoms with E-state index in [9.17, 15) is 0 Å². The van der Waals surface area contributed by atoms with Gasteiger partial charge in [-0.05, 0) is 320 Å². The van der Waals surface area contributed by atoms with E-state index < -0.39 is 0 Å². The molecule has 0 unspecified atom stereocenters. The van der Waals surface area contributed by atoms with Crippen molar-refractivity contribution in [2.24, 2.45) is 0 Å². The molecule has 36 rings (SSSR count). The Morgan fingerprint density at radius 2 is 0.457 bits per heavy atom. The summed E-state index contributed by atoms with van der Waals surface area (Å²) in [6.07, 6.45) is 30.2. The second-order valence-electron chi connectivity index (χ2n) is 38.7. The summed E-state index contributed by atoms with van der Waals surface area (Å²) in [7, 11) is 0. The third kappa shape index (κ3) is 10.2. The molecule has 0 amide bonds. The van der Waals surface area contributed by atoms with Crippen molar-refractivity contribution in [2.45, 2.75) is 51.4 Å². The third-order valence-corrected chi connectivity index (χ3v) is 31.8. The lowest BCUT2D eigenvalue weighted by Crippen LogP contribution is -1.96. The molecule has 12 aromatic carbocycles. The number of imidazole rings is 4. The van der Waals surface area contributed by atoms with Gasteiger partial charge in [0.2, 0.25) is 0 Å². The normalized spacial score (nSPS) is 13.5. The first-order valence-corrected chi connectivity index (χ1v) is 48.2. The minimum Gasteiger partial charge on any atom is -0.274 e. The fraction of sp³-hybridized carbons (Fsp3) is 0.0645. The molecule has 28 aromatic rings. The molecular formula is C124H72N16. The van der Waals surface area contributed by atoms with Gasteiger partial charge >= 0.3 is 0 Å². The van der Waals surface area contributed by atoms with Crippen LogP contribution in [0.5, 0.6) is 0 Å². The molecule has 16 nitrogen and oxygen atoms in total. The van der Waals surface area contributed by atoms with E-state index in [1.54, 1.807) is 24.8 Å². The number of hydrogen-bond donors (Lipinski definition) is 0. The molecule has 0 bridgehead atoms. The first kappa shape index (κ1) is 75.1. The molecule has 0 N–H and O–H groups in total. The predicted octanol–water partition coefficient (Wildman–Crippen LogP) is 26.9. The summed E-state index contributed by atoms with van der Waals surface area (Å²) < 4.78 is 8.67. The van der Waals surface area contributed by atoms with Gasteiger partial charge in [-0.15, -0.1) is 0 Å². The van der Waals surface area contributed by atoms with Gasteiger partial charge in [0.25, 0.3) is 0 Å². The Bertz CT molecular complexity index is 10300. The number of fused-ring (bicyclic) bond motifs is 62. The Morgan fingerprint density at radius 1 is 0.171 bits per heavy atom. The van der Waals surface area contributed by atoms with Crippen molar-refractivity contribution in [2.75, 3.05) is 0 Å². The number of nitrogens with zero attached hydrogens (tertiary/aromatic N) is 16. The second-order valence-corrected chi connectivity index (χ2v) is 38.7. The van der Waals surface area contributed by atoms with E-state index in [4.69, 9.17) is 39.9 Å². The number of benzene rings is 12.